The number of hydrogen-bond acceptors (Lipinski definition) is 4. The molecule has 0 amide bonds. The van der Waals surface area contributed by atoms with Crippen molar-refractivity contribution in [3.8, 4) is 5.75 Å². The zero-order valence-electron chi connectivity index (χ0n) is 11.6. The van der Waals surface area contributed by atoms with Gasteiger partial charge < -0.3 is 9.66 Å². The van der Waals surface area contributed by atoms with Crippen molar-refractivity contribution in [1.29, 1.82) is 0 Å². The Bertz CT molecular complexity index is 755. The molecule has 2 aromatic rings. The first-order valence-electron chi connectivity index (χ1n) is 5.75. The van der Waals surface area contributed by atoms with Crippen molar-refractivity contribution in [3.05, 3.63) is 36.4 Å². The van der Waals surface area contributed by atoms with E-state index in [1.54, 1.807) is 6.07 Å². The second-order valence-electron chi connectivity index (χ2n) is 4.38. The van der Waals surface area contributed by atoms with E-state index in [-0.39, 0.29) is 10.9 Å². The Labute approximate surface area is 128 Å². The van der Waals surface area contributed by atoms with Gasteiger partial charge >= 0.3 is 5.51 Å². The van der Waals surface area contributed by atoms with Crippen LogP contribution in [0.25, 0.3) is 10.8 Å². The topological polar surface area (TPSA) is 77.4 Å². The molecule has 4 nitrogen and oxygen atoms in total. The average Bonchev–Trinajstić information content (AvgIpc) is 2.35. The lowest BCUT2D eigenvalue weighted by Crippen LogP contribution is -2.21. The number of benzene rings is 2. The lowest BCUT2D eigenvalue weighted by molar-refractivity contribution is -0.0517. The van der Waals surface area contributed by atoms with Crippen molar-refractivity contribution in [1.82, 2.24) is 0 Å². The molecule has 122 valence electrons. The minimum atomic E-state index is -6.09. The van der Waals surface area contributed by atoms with Crippen LogP contribution in [0.5, 0.6) is 5.75 Å². The molecular weight excluding hydrogens is 341 g/mol. The SMILES string of the molecule is C[S+](C)c1cccc2cc(O)ccc12.O=S(=O)([O-])C(F)(F)F. The van der Waals surface area contributed by atoms with Crippen molar-refractivity contribution in [2.45, 2.75) is 10.4 Å². The summed E-state index contributed by atoms with van der Waals surface area (Å²) in [5.74, 6) is 0.335. The third-order valence-corrected chi connectivity index (χ3v) is 4.35. The van der Waals surface area contributed by atoms with Crippen LogP contribution in [0, 0.1) is 0 Å². The van der Waals surface area contributed by atoms with Gasteiger partial charge in [0, 0.05) is 16.3 Å². The number of hydrogen-bond donors (Lipinski definition) is 1. The minimum absolute atomic E-state index is 0.258. The number of aromatic hydroxyl groups is 1. The van der Waals surface area contributed by atoms with E-state index in [1.807, 2.05) is 24.3 Å². The van der Waals surface area contributed by atoms with E-state index in [1.165, 1.54) is 10.3 Å². The maximum Gasteiger partial charge on any atom is 0.485 e. The van der Waals surface area contributed by atoms with Crippen LogP contribution in [-0.4, -0.2) is 36.1 Å². The third-order valence-electron chi connectivity index (χ3n) is 2.55. The van der Waals surface area contributed by atoms with Gasteiger partial charge in [-0.1, -0.05) is 12.1 Å². The fourth-order valence-electron chi connectivity index (χ4n) is 1.60. The maximum absolute atomic E-state index is 10.7. The van der Waals surface area contributed by atoms with Gasteiger partial charge in [-0.3, -0.25) is 0 Å². The Morgan fingerprint density at radius 3 is 2.14 bits per heavy atom. The second kappa shape index (κ2) is 6.76. The maximum atomic E-state index is 10.7. The zero-order valence-corrected chi connectivity index (χ0v) is 13.2. The highest BCUT2D eigenvalue weighted by molar-refractivity contribution is 7.95. The highest BCUT2D eigenvalue weighted by Crippen LogP contribution is 2.26. The summed E-state index contributed by atoms with van der Waals surface area (Å²) in [4.78, 5) is 1.36. The molecule has 0 fully saturated rings. The van der Waals surface area contributed by atoms with Gasteiger partial charge in [0.05, 0.1) is 0 Å². The number of alkyl halides is 3. The first-order valence-corrected chi connectivity index (χ1v) is 9.20. The molecule has 9 heteroatoms. The fourth-order valence-corrected chi connectivity index (χ4v) is 2.57. The molecule has 1 N–H and O–H groups in total. The van der Waals surface area contributed by atoms with Crippen molar-refractivity contribution in [2.24, 2.45) is 0 Å². The lowest BCUT2D eigenvalue weighted by Gasteiger charge is -2.08. The summed E-state index contributed by atoms with van der Waals surface area (Å²) in [5, 5.41) is 11.7. The average molecular weight is 354 g/mol. The van der Waals surface area contributed by atoms with E-state index in [4.69, 9.17) is 13.0 Å². The van der Waals surface area contributed by atoms with Gasteiger partial charge in [-0.25, -0.2) is 8.42 Å². The standard InChI is InChI=1S/C12H12OS.CHF3O3S/c1-14(2)12-5-3-4-9-8-10(13)6-7-11(9)12;2-1(3,4)8(5,6)7/h3-8H,1-2H3;(H,5,6,7). The van der Waals surface area contributed by atoms with Gasteiger partial charge in [-0.15, -0.1) is 0 Å². The Morgan fingerprint density at radius 1 is 1.14 bits per heavy atom. The molecule has 0 bridgehead atoms. The van der Waals surface area contributed by atoms with Crippen LogP contribution in [0.1, 0.15) is 0 Å². The van der Waals surface area contributed by atoms with Gasteiger partial charge in [-0.2, -0.15) is 13.2 Å². The molecule has 0 heterocycles. The van der Waals surface area contributed by atoms with Crippen LogP contribution >= 0.6 is 0 Å². The van der Waals surface area contributed by atoms with Gasteiger partial charge in [0.25, 0.3) is 0 Å². The molecule has 0 aliphatic heterocycles. The molecule has 0 aromatic heterocycles. The van der Waals surface area contributed by atoms with Crippen LogP contribution < -0.4 is 0 Å². The fraction of sp³-hybridized carbons (Fsp3) is 0.231. The Hall–Kier alpha value is -1.45. The molecule has 0 unspecified atom stereocenters. The summed E-state index contributed by atoms with van der Waals surface area (Å²) >= 11 is 0. The number of fused-ring (bicyclic) bond motifs is 1. The van der Waals surface area contributed by atoms with Crippen molar-refractivity contribution in [2.75, 3.05) is 12.5 Å². The monoisotopic (exact) mass is 354 g/mol. The highest BCUT2D eigenvalue weighted by atomic mass is 32.2. The number of phenolic OH excluding ortho intramolecular Hbond substituents is 1. The minimum Gasteiger partial charge on any atom is -0.741 e. The van der Waals surface area contributed by atoms with E-state index in [0.717, 1.165) is 5.39 Å². The Balaban J connectivity index is 0.000000261. The van der Waals surface area contributed by atoms with E-state index in [0.29, 0.717) is 5.75 Å². The zero-order chi connectivity index (χ0) is 17.1. The molecule has 0 saturated heterocycles. The summed E-state index contributed by atoms with van der Waals surface area (Å²) in [7, 11) is -5.83. The molecule has 0 saturated carbocycles. The molecule has 2 rings (SSSR count). The predicted octanol–water partition coefficient (Wildman–Crippen LogP) is 2.83. The molecule has 0 aliphatic rings. The molecule has 0 atom stereocenters. The third kappa shape index (κ3) is 4.79. The van der Waals surface area contributed by atoms with Gasteiger partial charge in [-0.05, 0) is 29.7 Å². The number of rotatable bonds is 1. The largest absolute Gasteiger partial charge is 0.741 e. The molecular formula is C13H13F3O4S2. The van der Waals surface area contributed by atoms with E-state index in [2.05, 4.69) is 18.6 Å². The highest BCUT2D eigenvalue weighted by Gasteiger charge is 2.36. The van der Waals surface area contributed by atoms with Crippen LogP contribution in [0.3, 0.4) is 0 Å². The van der Waals surface area contributed by atoms with Gasteiger partial charge in [0.2, 0.25) is 0 Å². The summed E-state index contributed by atoms with van der Waals surface area (Å²) in [6.07, 6.45) is 4.42. The lowest BCUT2D eigenvalue weighted by atomic mass is 10.1. The Kier molecular flexibility index (Phi) is 5.71. The Morgan fingerprint density at radius 2 is 1.68 bits per heavy atom. The van der Waals surface area contributed by atoms with Crippen molar-refractivity contribution < 1.29 is 31.2 Å². The first kappa shape index (κ1) is 18.6. The van der Waals surface area contributed by atoms with Crippen molar-refractivity contribution >= 4 is 31.8 Å². The quantitative estimate of drug-likeness (QED) is 0.485. The second-order valence-corrected chi connectivity index (χ2v) is 7.82. The van der Waals surface area contributed by atoms with Crippen molar-refractivity contribution in [3.63, 3.8) is 0 Å². The van der Waals surface area contributed by atoms with E-state index >= 15 is 0 Å². The van der Waals surface area contributed by atoms with E-state index in [9.17, 15) is 18.3 Å². The van der Waals surface area contributed by atoms with Crippen LogP contribution in [0.15, 0.2) is 41.3 Å². The summed E-state index contributed by atoms with van der Waals surface area (Å²) in [5.41, 5.74) is -5.65. The van der Waals surface area contributed by atoms with Gasteiger partial charge in [0.1, 0.15) is 18.3 Å². The number of halogens is 3. The van der Waals surface area contributed by atoms with Gasteiger partial charge in [0.15, 0.2) is 15.0 Å². The normalized spacial score (nSPS) is 12.1. The van der Waals surface area contributed by atoms with Crippen LogP contribution in [-0.2, 0) is 21.0 Å². The first-order chi connectivity index (χ1) is 9.93. The van der Waals surface area contributed by atoms with Crippen LogP contribution in [0.4, 0.5) is 13.2 Å². The summed E-state index contributed by atoms with van der Waals surface area (Å²) in [6.45, 7) is 0. The molecule has 0 aliphatic carbocycles. The molecule has 22 heavy (non-hydrogen) atoms. The van der Waals surface area contributed by atoms with E-state index < -0.39 is 15.6 Å². The summed E-state index contributed by atoms with van der Waals surface area (Å²) < 4.78 is 58.9. The van der Waals surface area contributed by atoms with Crippen LogP contribution in [0.2, 0.25) is 0 Å². The molecule has 0 radical (unpaired) electrons. The smallest absolute Gasteiger partial charge is 0.485 e. The number of phenols is 1. The molecule has 0 spiro atoms. The molecule has 2 aromatic carbocycles. The predicted molar refractivity (Wildman–Crippen MR) is 78.8 cm³/mol. The summed E-state index contributed by atoms with van der Waals surface area (Å²) in [6, 6.07) is 11.8.